The van der Waals surface area contributed by atoms with E-state index in [2.05, 4.69) is 10.5 Å². The van der Waals surface area contributed by atoms with Crippen LogP contribution in [0.15, 0.2) is 10.7 Å². The predicted octanol–water partition coefficient (Wildman–Crippen LogP) is 0.0936. The average Bonchev–Trinajstić information content (AvgIpc) is 2.47. The summed E-state index contributed by atoms with van der Waals surface area (Å²) in [6, 6.07) is 0. The standard InChI is InChI=1S/C8H12N2O3/c1-5(11)3-9-8(12)7-4-10-13-6(7)2/h4-5,11H,3H2,1-2H3,(H,9,12)/t5-/m1/s1. The highest BCUT2D eigenvalue weighted by Crippen LogP contribution is 2.04. The van der Waals surface area contributed by atoms with Crippen molar-refractivity contribution in [2.24, 2.45) is 0 Å². The van der Waals surface area contributed by atoms with E-state index < -0.39 is 6.10 Å². The van der Waals surface area contributed by atoms with Crippen molar-refractivity contribution in [2.45, 2.75) is 20.0 Å². The fraction of sp³-hybridized carbons (Fsp3) is 0.500. The number of hydrogen-bond acceptors (Lipinski definition) is 4. The van der Waals surface area contributed by atoms with Crippen LogP contribution in [0.3, 0.4) is 0 Å². The fourth-order valence-corrected chi connectivity index (χ4v) is 0.852. The second kappa shape index (κ2) is 4.04. The van der Waals surface area contributed by atoms with Crippen LogP contribution in [0, 0.1) is 6.92 Å². The van der Waals surface area contributed by atoms with Gasteiger partial charge in [-0.1, -0.05) is 5.16 Å². The van der Waals surface area contributed by atoms with Gasteiger partial charge in [0.25, 0.3) is 5.91 Å². The summed E-state index contributed by atoms with van der Waals surface area (Å²) in [5, 5.41) is 14.9. The minimum absolute atomic E-state index is 0.226. The molecule has 0 aromatic carbocycles. The molecule has 0 aliphatic heterocycles. The van der Waals surface area contributed by atoms with Gasteiger partial charge in [0.1, 0.15) is 11.3 Å². The van der Waals surface area contributed by atoms with Gasteiger partial charge in [0, 0.05) is 6.54 Å². The molecule has 0 saturated heterocycles. The Morgan fingerprint density at radius 1 is 1.85 bits per heavy atom. The molecule has 0 spiro atoms. The molecule has 0 saturated carbocycles. The molecule has 1 amide bonds. The largest absolute Gasteiger partial charge is 0.392 e. The zero-order valence-corrected chi connectivity index (χ0v) is 7.57. The van der Waals surface area contributed by atoms with E-state index in [0.717, 1.165) is 0 Å². The molecule has 0 aliphatic rings. The molecule has 0 fully saturated rings. The first-order valence-electron chi connectivity index (χ1n) is 3.99. The number of nitrogens with one attached hydrogen (secondary N) is 1. The Morgan fingerprint density at radius 3 is 3.00 bits per heavy atom. The molecule has 0 radical (unpaired) electrons. The summed E-state index contributed by atoms with van der Waals surface area (Å²) in [7, 11) is 0. The molecule has 13 heavy (non-hydrogen) atoms. The van der Waals surface area contributed by atoms with Gasteiger partial charge in [0.15, 0.2) is 0 Å². The lowest BCUT2D eigenvalue weighted by molar-refractivity contribution is 0.0922. The number of aromatic nitrogens is 1. The summed E-state index contributed by atoms with van der Waals surface area (Å²) >= 11 is 0. The van der Waals surface area contributed by atoms with Gasteiger partial charge in [0.05, 0.1) is 12.3 Å². The molecule has 0 aliphatic carbocycles. The lowest BCUT2D eigenvalue weighted by Crippen LogP contribution is -2.30. The van der Waals surface area contributed by atoms with Gasteiger partial charge in [-0.15, -0.1) is 0 Å². The molecule has 1 aromatic rings. The Bertz CT molecular complexity index is 293. The predicted molar refractivity (Wildman–Crippen MR) is 45.3 cm³/mol. The number of carbonyl (C=O) groups excluding carboxylic acids is 1. The summed E-state index contributed by atoms with van der Waals surface area (Å²) in [6.45, 7) is 3.48. The van der Waals surface area contributed by atoms with Crippen LogP contribution in [0.4, 0.5) is 0 Å². The van der Waals surface area contributed by atoms with Crippen LogP contribution in [0.5, 0.6) is 0 Å². The summed E-state index contributed by atoms with van der Waals surface area (Å²) in [6.07, 6.45) is 0.802. The van der Waals surface area contributed by atoms with Gasteiger partial charge in [-0.05, 0) is 13.8 Å². The monoisotopic (exact) mass is 184 g/mol. The van der Waals surface area contributed by atoms with E-state index in [1.807, 2.05) is 0 Å². The van der Waals surface area contributed by atoms with Crippen LogP contribution in [-0.2, 0) is 0 Å². The van der Waals surface area contributed by atoms with E-state index in [-0.39, 0.29) is 12.5 Å². The highest BCUT2D eigenvalue weighted by Gasteiger charge is 2.12. The molecule has 1 heterocycles. The van der Waals surface area contributed by atoms with Crippen molar-refractivity contribution in [3.05, 3.63) is 17.5 Å². The summed E-state index contributed by atoms with van der Waals surface area (Å²) in [5.41, 5.74) is 0.403. The minimum atomic E-state index is -0.552. The van der Waals surface area contributed by atoms with Gasteiger partial charge >= 0.3 is 0 Å². The van der Waals surface area contributed by atoms with Crippen LogP contribution in [0.1, 0.15) is 23.0 Å². The first-order chi connectivity index (χ1) is 6.11. The van der Waals surface area contributed by atoms with E-state index >= 15 is 0 Å². The van der Waals surface area contributed by atoms with Gasteiger partial charge in [-0.25, -0.2) is 0 Å². The number of aliphatic hydroxyl groups excluding tert-OH is 1. The van der Waals surface area contributed by atoms with Crippen LogP contribution < -0.4 is 5.32 Å². The Hall–Kier alpha value is -1.36. The number of rotatable bonds is 3. The van der Waals surface area contributed by atoms with E-state index in [9.17, 15) is 4.79 Å². The maximum Gasteiger partial charge on any atom is 0.256 e. The van der Waals surface area contributed by atoms with Crippen molar-refractivity contribution in [3.8, 4) is 0 Å². The van der Waals surface area contributed by atoms with Crippen molar-refractivity contribution in [3.63, 3.8) is 0 Å². The number of nitrogens with zero attached hydrogens (tertiary/aromatic N) is 1. The second-order valence-corrected chi connectivity index (χ2v) is 2.85. The minimum Gasteiger partial charge on any atom is -0.392 e. The Labute approximate surface area is 75.7 Å². The molecule has 0 unspecified atom stereocenters. The molecule has 1 rings (SSSR count). The van der Waals surface area contributed by atoms with Crippen molar-refractivity contribution < 1.29 is 14.4 Å². The summed E-state index contributed by atoms with van der Waals surface area (Å²) < 4.78 is 4.72. The highest BCUT2D eigenvalue weighted by molar-refractivity contribution is 5.94. The second-order valence-electron chi connectivity index (χ2n) is 2.85. The third-order valence-electron chi connectivity index (χ3n) is 1.55. The lowest BCUT2D eigenvalue weighted by Gasteiger charge is -2.05. The molecule has 72 valence electrons. The maximum atomic E-state index is 11.3. The molecular weight excluding hydrogens is 172 g/mol. The van der Waals surface area contributed by atoms with Crippen molar-refractivity contribution in [1.29, 1.82) is 0 Å². The third kappa shape index (κ3) is 2.55. The molecular formula is C8H12N2O3. The Balaban J connectivity index is 2.54. The van der Waals surface area contributed by atoms with Gasteiger partial charge < -0.3 is 14.9 Å². The van der Waals surface area contributed by atoms with E-state index in [4.69, 9.17) is 9.63 Å². The fourth-order valence-electron chi connectivity index (χ4n) is 0.852. The van der Waals surface area contributed by atoms with Crippen LogP contribution >= 0.6 is 0 Å². The molecule has 5 nitrogen and oxygen atoms in total. The van der Waals surface area contributed by atoms with E-state index in [1.165, 1.54) is 6.20 Å². The van der Waals surface area contributed by atoms with Gasteiger partial charge in [-0.2, -0.15) is 0 Å². The first-order valence-corrected chi connectivity index (χ1v) is 3.99. The van der Waals surface area contributed by atoms with E-state index in [0.29, 0.717) is 11.3 Å². The Morgan fingerprint density at radius 2 is 2.54 bits per heavy atom. The number of aryl methyl sites for hydroxylation is 1. The van der Waals surface area contributed by atoms with Crippen LogP contribution in [0.2, 0.25) is 0 Å². The topological polar surface area (TPSA) is 75.4 Å². The number of aliphatic hydroxyl groups is 1. The van der Waals surface area contributed by atoms with Gasteiger partial charge in [0.2, 0.25) is 0 Å². The van der Waals surface area contributed by atoms with Crippen molar-refractivity contribution >= 4 is 5.91 Å². The zero-order chi connectivity index (χ0) is 9.84. The average molecular weight is 184 g/mol. The molecule has 5 heteroatoms. The smallest absolute Gasteiger partial charge is 0.256 e. The molecule has 2 N–H and O–H groups in total. The summed E-state index contributed by atoms with van der Waals surface area (Å²) in [5.74, 6) is 0.197. The molecule has 1 aromatic heterocycles. The van der Waals surface area contributed by atoms with Crippen LogP contribution in [0.25, 0.3) is 0 Å². The zero-order valence-electron chi connectivity index (χ0n) is 7.57. The number of hydrogen-bond donors (Lipinski definition) is 2. The molecule has 1 atom stereocenters. The maximum absolute atomic E-state index is 11.3. The first kappa shape index (κ1) is 9.73. The van der Waals surface area contributed by atoms with Crippen LogP contribution in [-0.4, -0.2) is 28.8 Å². The Kier molecular flexibility index (Phi) is 3.02. The highest BCUT2D eigenvalue weighted by atomic mass is 16.5. The van der Waals surface area contributed by atoms with Gasteiger partial charge in [-0.3, -0.25) is 4.79 Å². The number of carbonyl (C=O) groups is 1. The lowest BCUT2D eigenvalue weighted by atomic mass is 10.2. The summed E-state index contributed by atoms with van der Waals surface area (Å²) in [4.78, 5) is 11.3. The van der Waals surface area contributed by atoms with Crippen molar-refractivity contribution in [1.82, 2.24) is 10.5 Å². The SMILES string of the molecule is Cc1oncc1C(=O)NC[C@@H](C)O. The molecule has 0 bridgehead atoms. The number of amides is 1. The quantitative estimate of drug-likeness (QED) is 0.698. The normalized spacial score (nSPS) is 12.5. The third-order valence-corrected chi connectivity index (χ3v) is 1.55. The van der Waals surface area contributed by atoms with E-state index in [1.54, 1.807) is 13.8 Å². The van der Waals surface area contributed by atoms with Crippen molar-refractivity contribution in [2.75, 3.05) is 6.54 Å².